The maximum absolute atomic E-state index is 11.0. The van der Waals surface area contributed by atoms with Crippen molar-refractivity contribution in [2.24, 2.45) is 0 Å². The van der Waals surface area contributed by atoms with Crippen molar-refractivity contribution in [3.05, 3.63) is 63.3 Å². The third kappa shape index (κ3) is 3.57. The van der Waals surface area contributed by atoms with Crippen LogP contribution in [0.5, 0.6) is 0 Å². The van der Waals surface area contributed by atoms with Crippen molar-refractivity contribution in [2.45, 2.75) is 17.7 Å². The van der Waals surface area contributed by atoms with Crippen LogP contribution in [-0.2, 0) is 5.75 Å². The molecule has 0 unspecified atom stereocenters. The number of aryl methyl sites for hydroxylation is 1. The number of aromatic nitrogens is 1. The number of carbonyl (C=O) groups is 1. The van der Waals surface area contributed by atoms with Crippen molar-refractivity contribution >= 4 is 23.4 Å². The molecule has 1 N–H and O–H groups in total. The van der Waals surface area contributed by atoms with Crippen LogP contribution in [0.3, 0.4) is 0 Å². The number of aromatic carboxylic acids is 1. The Morgan fingerprint density at radius 2 is 2.05 bits per heavy atom. The topological polar surface area (TPSA) is 93.3 Å². The minimum atomic E-state index is -1.21. The number of nitrogens with zero attached hydrogens (tertiary/aromatic N) is 2. The summed E-state index contributed by atoms with van der Waals surface area (Å²) in [6, 6.07) is 9.99. The molecule has 0 bridgehead atoms. The lowest BCUT2D eigenvalue weighted by atomic mass is 10.1. The molecule has 0 aliphatic rings. The fraction of sp³-hybridized carbons (Fsp3) is 0.143. The molecule has 7 heteroatoms. The van der Waals surface area contributed by atoms with Crippen LogP contribution in [-0.4, -0.2) is 21.0 Å². The standard InChI is InChI=1S/C14H12N2O4S/c1-9-4-2-3-5-10(9)8-21-13-12(16(19)20)7-6-11(15-13)14(17)18/h2-7H,8H2,1H3,(H,17,18). The summed E-state index contributed by atoms with van der Waals surface area (Å²) in [5.74, 6) is -0.716. The van der Waals surface area contributed by atoms with E-state index in [-0.39, 0.29) is 16.4 Å². The molecule has 0 atom stereocenters. The maximum atomic E-state index is 11.0. The lowest BCUT2D eigenvalue weighted by Gasteiger charge is -2.06. The van der Waals surface area contributed by atoms with E-state index < -0.39 is 10.9 Å². The zero-order valence-electron chi connectivity index (χ0n) is 11.1. The smallest absolute Gasteiger partial charge is 0.354 e. The Kier molecular flexibility index (Phi) is 4.54. The van der Waals surface area contributed by atoms with Gasteiger partial charge < -0.3 is 5.11 Å². The Balaban J connectivity index is 2.29. The molecule has 0 radical (unpaired) electrons. The number of nitro groups is 1. The highest BCUT2D eigenvalue weighted by Gasteiger charge is 2.19. The first-order valence-corrected chi connectivity index (χ1v) is 7.03. The van der Waals surface area contributed by atoms with Gasteiger partial charge in [-0.1, -0.05) is 36.0 Å². The summed E-state index contributed by atoms with van der Waals surface area (Å²) in [6.07, 6.45) is 0. The van der Waals surface area contributed by atoms with Gasteiger partial charge in [0.05, 0.1) is 4.92 Å². The van der Waals surface area contributed by atoms with Gasteiger partial charge >= 0.3 is 11.7 Å². The van der Waals surface area contributed by atoms with Crippen molar-refractivity contribution in [3.8, 4) is 0 Å². The van der Waals surface area contributed by atoms with Gasteiger partial charge in [-0.15, -0.1) is 0 Å². The van der Waals surface area contributed by atoms with Gasteiger partial charge in [0.15, 0.2) is 5.03 Å². The zero-order chi connectivity index (χ0) is 15.4. The van der Waals surface area contributed by atoms with E-state index in [9.17, 15) is 14.9 Å². The highest BCUT2D eigenvalue weighted by atomic mass is 32.2. The number of benzene rings is 1. The van der Waals surface area contributed by atoms with Gasteiger partial charge in [0.25, 0.3) is 0 Å². The second-order valence-corrected chi connectivity index (χ2v) is 5.26. The fourth-order valence-electron chi connectivity index (χ4n) is 1.72. The predicted molar refractivity (Wildman–Crippen MR) is 78.6 cm³/mol. The van der Waals surface area contributed by atoms with Crippen molar-refractivity contribution in [1.82, 2.24) is 4.98 Å². The van der Waals surface area contributed by atoms with Gasteiger partial charge in [0.1, 0.15) is 5.69 Å². The SMILES string of the molecule is Cc1ccccc1CSc1nc(C(=O)O)ccc1[N+](=O)[O-]. The summed E-state index contributed by atoms with van der Waals surface area (Å²) < 4.78 is 0. The van der Waals surface area contributed by atoms with Gasteiger partial charge in [-0.2, -0.15) is 0 Å². The van der Waals surface area contributed by atoms with E-state index in [0.29, 0.717) is 5.75 Å². The first-order chi connectivity index (χ1) is 9.99. The average Bonchev–Trinajstić information content (AvgIpc) is 2.46. The molecule has 0 aliphatic carbocycles. The van der Waals surface area contributed by atoms with E-state index in [1.165, 1.54) is 6.07 Å². The monoisotopic (exact) mass is 304 g/mol. The van der Waals surface area contributed by atoms with E-state index in [1.54, 1.807) is 0 Å². The van der Waals surface area contributed by atoms with E-state index >= 15 is 0 Å². The lowest BCUT2D eigenvalue weighted by Crippen LogP contribution is -2.03. The van der Waals surface area contributed by atoms with Gasteiger partial charge in [-0.25, -0.2) is 9.78 Å². The lowest BCUT2D eigenvalue weighted by molar-refractivity contribution is -0.388. The van der Waals surface area contributed by atoms with Crippen molar-refractivity contribution in [1.29, 1.82) is 0 Å². The number of rotatable bonds is 5. The Bertz CT molecular complexity index is 703. The van der Waals surface area contributed by atoms with Crippen LogP contribution in [0.2, 0.25) is 0 Å². The van der Waals surface area contributed by atoms with E-state index in [1.807, 2.05) is 31.2 Å². The second-order valence-electron chi connectivity index (χ2n) is 4.30. The van der Waals surface area contributed by atoms with E-state index in [4.69, 9.17) is 5.11 Å². The molecule has 2 rings (SSSR count). The second kappa shape index (κ2) is 6.36. The van der Waals surface area contributed by atoms with Crippen LogP contribution in [0.25, 0.3) is 0 Å². The minimum Gasteiger partial charge on any atom is -0.477 e. The Hall–Kier alpha value is -2.41. The van der Waals surface area contributed by atoms with Crippen molar-refractivity contribution < 1.29 is 14.8 Å². The molecule has 2 aromatic rings. The first kappa shape index (κ1) is 15.0. The molecule has 0 saturated carbocycles. The molecule has 108 valence electrons. The van der Waals surface area contributed by atoms with E-state index in [2.05, 4.69) is 4.98 Å². The zero-order valence-corrected chi connectivity index (χ0v) is 12.0. The number of carboxylic acids is 1. The molecule has 1 heterocycles. The Morgan fingerprint density at radius 1 is 1.33 bits per heavy atom. The Morgan fingerprint density at radius 3 is 2.67 bits per heavy atom. The van der Waals surface area contributed by atoms with Gasteiger partial charge in [0, 0.05) is 11.8 Å². The van der Waals surface area contributed by atoms with Crippen LogP contribution >= 0.6 is 11.8 Å². The van der Waals surface area contributed by atoms with Crippen LogP contribution in [0.4, 0.5) is 5.69 Å². The summed E-state index contributed by atoms with van der Waals surface area (Å²) in [5, 5.41) is 20.0. The number of hydrogen-bond acceptors (Lipinski definition) is 5. The van der Waals surface area contributed by atoms with Crippen LogP contribution in [0.15, 0.2) is 41.4 Å². The highest BCUT2D eigenvalue weighted by molar-refractivity contribution is 7.98. The van der Waals surface area contributed by atoms with Crippen LogP contribution in [0.1, 0.15) is 21.6 Å². The van der Waals surface area contributed by atoms with Crippen molar-refractivity contribution in [3.63, 3.8) is 0 Å². The third-order valence-corrected chi connectivity index (χ3v) is 3.91. The molecule has 0 amide bonds. The predicted octanol–water partition coefficient (Wildman–Crippen LogP) is 3.29. The quantitative estimate of drug-likeness (QED) is 0.517. The summed E-state index contributed by atoms with van der Waals surface area (Å²) in [4.78, 5) is 25.2. The molecule has 21 heavy (non-hydrogen) atoms. The summed E-state index contributed by atoms with van der Waals surface area (Å²) in [6.45, 7) is 1.95. The minimum absolute atomic E-state index is 0.114. The number of thioether (sulfide) groups is 1. The van der Waals surface area contributed by atoms with Crippen LogP contribution < -0.4 is 0 Å². The molecule has 0 saturated heterocycles. The molecule has 0 fully saturated rings. The summed E-state index contributed by atoms with van der Waals surface area (Å²) in [7, 11) is 0. The first-order valence-electron chi connectivity index (χ1n) is 6.05. The van der Waals surface area contributed by atoms with Gasteiger partial charge in [0.2, 0.25) is 0 Å². The Labute approximate surface area is 125 Å². The van der Waals surface area contributed by atoms with Crippen LogP contribution in [0, 0.1) is 17.0 Å². The average molecular weight is 304 g/mol. The molecule has 1 aromatic heterocycles. The molecular weight excluding hydrogens is 292 g/mol. The number of pyridine rings is 1. The molecule has 1 aromatic carbocycles. The van der Waals surface area contributed by atoms with Crippen molar-refractivity contribution in [2.75, 3.05) is 0 Å². The molecule has 6 nitrogen and oxygen atoms in total. The largest absolute Gasteiger partial charge is 0.477 e. The molecule has 0 aliphatic heterocycles. The summed E-state index contributed by atoms with van der Waals surface area (Å²) >= 11 is 1.16. The van der Waals surface area contributed by atoms with Gasteiger partial charge in [-0.05, 0) is 24.1 Å². The number of carboxylic acid groups (broad SMARTS) is 1. The fourth-order valence-corrected chi connectivity index (χ4v) is 2.78. The normalized spacial score (nSPS) is 10.3. The third-order valence-electron chi connectivity index (χ3n) is 2.88. The van der Waals surface area contributed by atoms with E-state index in [0.717, 1.165) is 29.0 Å². The number of hydrogen-bond donors (Lipinski definition) is 1. The molecular formula is C14H12N2O4S. The highest BCUT2D eigenvalue weighted by Crippen LogP contribution is 2.30. The van der Waals surface area contributed by atoms with Gasteiger partial charge in [-0.3, -0.25) is 10.1 Å². The summed E-state index contributed by atoms with van der Waals surface area (Å²) in [5.41, 5.74) is 1.72. The molecule has 0 spiro atoms. The maximum Gasteiger partial charge on any atom is 0.354 e.